The van der Waals surface area contributed by atoms with Gasteiger partial charge in [-0.25, -0.2) is 0 Å². The van der Waals surface area contributed by atoms with Crippen LogP contribution in [0.4, 0.5) is 0 Å². The summed E-state index contributed by atoms with van der Waals surface area (Å²) < 4.78 is 12.2. The average molecular weight is 320 g/mol. The van der Waals surface area contributed by atoms with E-state index < -0.39 is 5.60 Å². The minimum absolute atomic E-state index is 0.0149. The predicted octanol–water partition coefficient (Wildman–Crippen LogP) is 4.16. The van der Waals surface area contributed by atoms with Crippen molar-refractivity contribution >= 4 is 0 Å². The molecular formula is C20H32O3. The summed E-state index contributed by atoms with van der Waals surface area (Å²) in [5.74, 6) is 0.347. The van der Waals surface area contributed by atoms with E-state index in [2.05, 4.69) is 33.4 Å². The first-order valence-electron chi connectivity index (χ1n) is 9.08. The first kappa shape index (κ1) is 17.2. The molecule has 3 aliphatic rings. The maximum atomic E-state index is 11.0. The van der Waals surface area contributed by atoms with Crippen molar-refractivity contribution in [1.29, 1.82) is 0 Å². The van der Waals surface area contributed by atoms with E-state index in [1.807, 2.05) is 6.92 Å². The number of hydrogen-bond acceptors (Lipinski definition) is 3. The Balaban J connectivity index is 1.81. The van der Waals surface area contributed by atoms with Crippen molar-refractivity contribution in [2.75, 3.05) is 0 Å². The molecule has 0 unspecified atom stereocenters. The lowest BCUT2D eigenvalue weighted by Crippen LogP contribution is -2.39. The molecule has 3 nitrogen and oxygen atoms in total. The summed E-state index contributed by atoms with van der Waals surface area (Å²) in [5, 5.41) is 11.0. The van der Waals surface area contributed by atoms with E-state index >= 15 is 0 Å². The molecule has 6 atom stereocenters. The van der Waals surface area contributed by atoms with Crippen LogP contribution in [0.25, 0.3) is 0 Å². The first-order chi connectivity index (χ1) is 10.7. The van der Waals surface area contributed by atoms with Crippen molar-refractivity contribution in [1.82, 2.24) is 0 Å². The zero-order chi connectivity index (χ0) is 16.8. The van der Waals surface area contributed by atoms with Gasteiger partial charge in [0.2, 0.25) is 0 Å². The highest BCUT2D eigenvalue weighted by atomic mass is 16.6. The van der Waals surface area contributed by atoms with Crippen molar-refractivity contribution < 1.29 is 14.6 Å². The van der Waals surface area contributed by atoms with E-state index in [0.29, 0.717) is 5.92 Å². The van der Waals surface area contributed by atoms with Crippen LogP contribution in [-0.2, 0) is 9.47 Å². The van der Waals surface area contributed by atoms with Crippen LogP contribution in [0.5, 0.6) is 0 Å². The van der Waals surface area contributed by atoms with Crippen LogP contribution in [0.1, 0.15) is 66.2 Å². The van der Waals surface area contributed by atoms with E-state index in [0.717, 1.165) is 38.5 Å². The Morgan fingerprint density at radius 3 is 2.74 bits per heavy atom. The largest absolute Gasteiger partial charge is 0.387 e. The van der Waals surface area contributed by atoms with Gasteiger partial charge in [-0.1, -0.05) is 23.8 Å². The van der Waals surface area contributed by atoms with Gasteiger partial charge in [0.1, 0.15) is 0 Å². The zero-order valence-electron chi connectivity index (χ0n) is 15.1. The van der Waals surface area contributed by atoms with Gasteiger partial charge >= 0.3 is 0 Å². The van der Waals surface area contributed by atoms with Crippen LogP contribution >= 0.6 is 0 Å². The molecule has 0 radical (unpaired) electrons. The highest BCUT2D eigenvalue weighted by molar-refractivity contribution is 5.12. The van der Waals surface area contributed by atoms with Crippen molar-refractivity contribution in [3.05, 3.63) is 23.8 Å². The highest BCUT2D eigenvalue weighted by Crippen LogP contribution is 2.46. The molecule has 1 N–H and O–H groups in total. The van der Waals surface area contributed by atoms with E-state index in [4.69, 9.17) is 9.47 Å². The molecule has 3 heteroatoms. The predicted molar refractivity (Wildman–Crippen MR) is 92.3 cm³/mol. The Hall–Kier alpha value is -0.640. The Morgan fingerprint density at radius 1 is 1.30 bits per heavy atom. The van der Waals surface area contributed by atoms with Gasteiger partial charge in [-0.2, -0.15) is 0 Å². The molecule has 130 valence electrons. The van der Waals surface area contributed by atoms with E-state index in [1.54, 1.807) is 0 Å². The topological polar surface area (TPSA) is 42.0 Å². The van der Waals surface area contributed by atoms with Crippen molar-refractivity contribution in [2.45, 2.75) is 95.7 Å². The molecule has 0 aromatic heterocycles. The SMILES string of the molecule is C=C(C)[C@H]1C[C@H]2O[C@H]1C/C(C)=C/CC[C@@]1(C)O[C@H]1CC[C@]2(C)O. The first-order valence-corrected chi connectivity index (χ1v) is 9.08. The summed E-state index contributed by atoms with van der Waals surface area (Å²) in [4.78, 5) is 0. The third-order valence-corrected chi connectivity index (χ3v) is 6.19. The van der Waals surface area contributed by atoms with E-state index in [9.17, 15) is 5.11 Å². The summed E-state index contributed by atoms with van der Waals surface area (Å²) in [6.07, 6.45) is 8.26. The molecule has 3 rings (SSSR count). The molecule has 0 spiro atoms. The zero-order valence-corrected chi connectivity index (χ0v) is 15.1. The minimum Gasteiger partial charge on any atom is -0.387 e. The van der Waals surface area contributed by atoms with Gasteiger partial charge < -0.3 is 14.6 Å². The molecule has 0 aliphatic carbocycles. The number of fused-ring (bicyclic) bond motifs is 3. The number of allylic oxidation sites excluding steroid dienone is 1. The van der Waals surface area contributed by atoms with Crippen LogP contribution in [0.2, 0.25) is 0 Å². The fourth-order valence-corrected chi connectivity index (χ4v) is 4.32. The Bertz CT molecular complexity index is 507. The fourth-order valence-electron chi connectivity index (χ4n) is 4.32. The second-order valence-electron chi connectivity index (χ2n) is 8.46. The lowest BCUT2D eigenvalue weighted by Gasteiger charge is -2.30. The fraction of sp³-hybridized carbons (Fsp3) is 0.800. The number of rotatable bonds is 1. The molecule has 2 saturated heterocycles. The third-order valence-electron chi connectivity index (χ3n) is 6.19. The third kappa shape index (κ3) is 3.57. The van der Waals surface area contributed by atoms with Crippen LogP contribution < -0.4 is 0 Å². The molecule has 3 heterocycles. The minimum atomic E-state index is -0.791. The van der Waals surface area contributed by atoms with Gasteiger partial charge in [-0.3, -0.25) is 0 Å². The monoisotopic (exact) mass is 320 g/mol. The molecule has 0 saturated carbocycles. The molecule has 0 aromatic rings. The Kier molecular flexibility index (Phi) is 4.50. The second kappa shape index (κ2) is 6.02. The van der Waals surface area contributed by atoms with Gasteiger partial charge in [-0.15, -0.1) is 0 Å². The van der Waals surface area contributed by atoms with E-state index in [1.165, 1.54) is 11.1 Å². The van der Waals surface area contributed by atoms with Crippen LogP contribution in [-0.4, -0.2) is 34.6 Å². The molecule has 0 aromatic carbocycles. The summed E-state index contributed by atoms with van der Waals surface area (Å²) in [6, 6.07) is 0. The van der Waals surface area contributed by atoms with Gasteiger partial charge in [0.25, 0.3) is 0 Å². The molecule has 2 fully saturated rings. The summed E-state index contributed by atoms with van der Waals surface area (Å²) in [5.41, 5.74) is 1.77. The Morgan fingerprint density at radius 2 is 2.04 bits per heavy atom. The molecule has 3 aliphatic heterocycles. The van der Waals surface area contributed by atoms with Gasteiger partial charge in [0, 0.05) is 5.92 Å². The second-order valence-corrected chi connectivity index (χ2v) is 8.46. The van der Waals surface area contributed by atoms with Crippen molar-refractivity contribution in [2.24, 2.45) is 5.92 Å². The van der Waals surface area contributed by atoms with Crippen molar-refractivity contribution in [3.63, 3.8) is 0 Å². The smallest absolute Gasteiger partial charge is 0.0923 e. The van der Waals surface area contributed by atoms with Crippen LogP contribution in [0.15, 0.2) is 23.8 Å². The quantitative estimate of drug-likeness (QED) is 0.583. The number of epoxide rings is 1. The number of hydrogen-bond donors (Lipinski definition) is 1. The molecule has 2 bridgehead atoms. The molecule has 23 heavy (non-hydrogen) atoms. The van der Waals surface area contributed by atoms with E-state index in [-0.39, 0.29) is 23.9 Å². The number of aliphatic hydroxyl groups is 1. The van der Waals surface area contributed by atoms with Gasteiger partial charge in [0.15, 0.2) is 0 Å². The normalized spacial score (nSPS) is 49.9. The molecular weight excluding hydrogens is 288 g/mol. The summed E-state index contributed by atoms with van der Waals surface area (Å²) in [7, 11) is 0. The number of ether oxygens (including phenoxy) is 2. The van der Waals surface area contributed by atoms with Gasteiger partial charge in [-0.05, 0) is 66.2 Å². The lowest BCUT2D eigenvalue weighted by molar-refractivity contribution is -0.0987. The Labute approximate surface area is 140 Å². The molecule has 0 amide bonds. The van der Waals surface area contributed by atoms with Gasteiger partial charge in [0.05, 0.1) is 29.5 Å². The van der Waals surface area contributed by atoms with Crippen LogP contribution in [0.3, 0.4) is 0 Å². The lowest BCUT2D eigenvalue weighted by atomic mass is 9.83. The average Bonchev–Trinajstić information content (AvgIpc) is 2.89. The van der Waals surface area contributed by atoms with Crippen LogP contribution in [0, 0.1) is 5.92 Å². The standard InChI is InChI=1S/C20H32O3/c1-13(2)15-12-18-19(4,21)10-8-17-20(5,23-17)9-6-7-14(3)11-16(15)22-18/h7,15-18,21H,1,6,8-12H2,2-5H3/b14-7+/t15-,16+,17+,18-,19+,20-/m1/s1. The maximum Gasteiger partial charge on any atom is 0.0923 e. The summed E-state index contributed by atoms with van der Waals surface area (Å²) >= 11 is 0. The summed E-state index contributed by atoms with van der Waals surface area (Å²) in [6.45, 7) is 12.6. The van der Waals surface area contributed by atoms with Crippen molar-refractivity contribution in [3.8, 4) is 0 Å². The maximum absolute atomic E-state index is 11.0. The highest BCUT2D eigenvalue weighted by Gasteiger charge is 2.52.